The molecule has 0 amide bonds. The minimum atomic E-state index is -0.780. The van der Waals surface area contributed by atoms with Gasteiger partial charge in [-0.15, -0.1) is 0 Å². The summed E-state index contributed by atoms with van der Waals surface area (Å²) < 4.78 is 10.4. The van der Waals surface area contributed by atoms with Gasteiger partial charge in [-0.1, -0.05) is 30.3 Å². The summed E-state index contributed by atoms with van der Waals surface area (Å²) in [6.45, 7) is 3.95. The number of ether oxygens (including phenoxy) is 2. The molecule has 0 aliphatic carbocycles. The summed E-state index contributed by atoms with van der Waals surface area (Å²) in [6.07, 6.45) is -0.155. The van der Waals surface area contributed by atoms with E-state index in [2.05, 4.69) is 0 Å². The zero-order chi connectivity index (χ0) is 10.9. The number of epoxide rings is 1. The molecule has 1 heterocycles. The zero-order valence-electron chi connectivity index (χ0n) is 8.90. The average molecular weight is 206 g/mol. The van der Waals surface area contributed by atoms with E-state index in [9.17, 15) is 4.79 Å². The first-order chi connectivity index (χ1) is 7.18. The van der Waals surface area contributed by atoms with E-state index in [0.29, 0.717) is 6.61 Å². The molecular weight excluding hydrogens is 192 g/mol. The van der Waals surface area contributed by atoms with Crippen molar-refractivity contribution in [2.75, 3.05) is 6.61 Å². The second-order valence-corrected chi connectivity index (χ2v) is 3.74. The second-order valence-electron chi connectivity index (χ2n) is 3.74. The van der Waals surface area contributed by atoms with Gasteiger partial charge in [0.05, 0.1) is 6.61 Å². The van der Waals surface area contributed by atoms with Gasteiger partial charge in [0.1, 0.15) is 6.10 Å². The fourth-order valence-corrected chi connectivity index (χ4v) is 1.65. The number of rotatable bonds is 3. The third-order valence-electron chi connectivity index (χ3n) is 2.59. The van der Waals surface area contributed by atoms with Crippen LogP contribution in [0.1, 0.15) is 25.5 Å². The Morgan fingerprint density at radius 2 is 2.13 bits per heavy atom. The summed E-state index contributed by atoms with van der Waals surface area (Å²) in [5.41, 5.74) is 0.241. The van der Waals surface area contributed by atoms with Gasteiger partial charge in [-0.2, -0.15) is 0 Å². The summed E-state index contributed by atoms with van der Waals surface area (Å²) in [7, 11) is 0. The molecule has 1 fully saturated rings. The highest BCUT2D eigenvalue weighted by atomic mass is 16.7. The third kappa shape index (κ3) is 1.75. The maximum atomic E-state index is 11.6. The minimum Gasteiger partial charge on any atom is -0.464 e. The molecule has 0 spiro atoms. The molecule has 1 aromatic carbocycles. The quantitative estimate of drug-likeness (QED) is 0.561. The molecule has 0 unspecified atom stereocenters. The summed E-state index contributed by atoms with van der Waals surface area (Å²) in [5.74, 6) is -0.279. The van der Waals surface area contributed by atoms with Crippen molar-refractivity contribution < 1.29 is 14.3 Å². The van der Waals surface area contributed by atoms with Crippen molar-refractivity contribution in [2.45, 2.75) is 25.6 Å². The van der Waals surface area contributed by atoms with Gasteiger partial charge in [0.25, 0.3) is 0 Å². The SMILES string of the molecule is CCOC(=O)[C@]1(C)O[C@H]1c1ccccc1. The van der Waals surface area contributed by atoms with Crippen LogP contribution in [0.4, 0.5) is 0 Å². The predicted octanol–water partition coefficient (Wildman–Crippen LogP) is 2.08. The van der Waals surface area contributed by atoms with Gasteiger partial charge in [0, 0.05) is 0 Å². The van der Waals surface area contributed by atoms with Crippen molar-refractivity contribution >= 4 is 5.97 Å². The predicted molar refractivity (Wildman–Crippen MR) is 55.3 cm³/mol. The van der Waals surface area contributed by atoms with Crippen LogP contribution in [-0.4, -0.2) is 18.2 Å². The second kappa shape index (κ2) is 3.66. The van der Waals surface area contributed by atoms with Crippen LogP contribution >= 0.6 is 0 Å². The Bertz CT molecular complexity index is 360. The number of carbonyl (C=O) groups is 1. The molecule has 0 radical (unpaired) electrons. The van der Waals surface area contributed by atoms with Gasteiger partial charge >= 0.3 is 5.97 Å². The molecule has 80 valence electrons. The topological polar surface area (TPSA) is 38.8 Å². The van der Waals surface area contributed by atoms with Crippen LogP contribution in [0.25, 0.3) is 0 Å². The number of hydrogen-bond acceptors (Lipinski definition) is 3. The molecular formula is C12H14O3. The lowest BCUT2D eigenvalue weighted by Crippen LogP contribution is -2.24. The number of esters is 1. The van der Waals surface area contributed by atoms with Crippen LogP contribution in [-0.2, 0) is 14.3 Å². The van der Waals surface area contributed by atoms with Crippen LogP contribution in [0.2, 0.25) is 0 Å². The molecule has 0 saturated carbocycles. The average Bonchev–Trinajstić information content (AvgIpc) is 2.94. The van der Waals surface area contributed by atoms with Crippen LogP contribution in [0.15, 0.2) is 30.3 Å². The van der Waals surface area contributed by atoms with Crippen LogP contribution in [0.5, 0.6) is 0 Å². The normalized spacial score (nSPS) is 28.5. The highest BCUT2D eigenvalue weighted by Gasteiger charge is 2.60. The molecule has 0 bridgehead atoms. The molecule has 3 heteroatoms. The van der Waals surface area contributed by atoms with Crippen molar-refractivity contribution in [2.24, 2.45) is 0 Å². The van der Waals surface area contributed by atoms with E-state index in [1.165, 1.54) is 0 Å². The first-order valence-corrected chi connectivity index (χ1v) is 5.08. The van der Waals surface area contributed by atoms with Crippen LogP contribution in [0.3, 0.4) is 0 Å². The number of hydrogen-bond donors (Lipinski definition) is 0. The van der Waals surface area contributed by atoms with Gasteiger partial charge in [0.2, 0.25) is 0 Å². The molecule has 15 heavy (non-hydrogen) atoms. The first-order valence-electron chi connectivity index (χ1n) is 5.08. The molecule has 3 nitrogen and oxygen atoms in total. The minimum absolute atomic E-state index is 0.155. The Morgan fingerprint density at radius 3 is 2.73 bits per heavy atom. The van der Waals surface area contributed by atoms with Crippen molar-refractivity contribution in [3.63, 3.8) is 0 Å². The maximum absolute atomic E-state index is 11.6. The fraction of sp³-hybridized carbons (Fsp3) is 0.417. The van der Waals surface area contributed by atoms with E-state index >= 15 is 0 Å². The summed E-state index contributed by atoms with van der Waals surface area (Å²) >= 11 is 0. The molecule has 2 rings (SSSR count). The molecule has 0 aromatic heterocycles. The zero-order valence-corrected chi connectivity index (χ0v) is 8.90. The van der Waals surface area contributed by atoms with E-state index in [0.717, 1.165) is 5.56 Å². The molecule has 1 aliphatic heterocycles. The lowest BCUT2D eigenvalue weighted by atomic mass is 10.0. The van der Waals surface area contributed by atoms with Gasteiger partial charge in [-0.05, 0) is 19.4 Å². The molecule has 1 saturated heterocycles. The lowest BCUT2D eigenvalue weighted by molar-refractivity contribution is -0.148. The van der Waals surface area contributed by atoms with Crippen molar-refractivity contribution in [1.82, 2.24) is 0 Å². The molecule has 0 N–H and O–H groups in total. The van der Waals surface area contributed by atoms with Crippen LogP contribution < -0.4 is 0 Å². The van der Waals surface area contributed by atoms with Gasteiger partial charge in [-0.25, -0.2) is 4.79 Å². The van der Waals surface area contributed by atoms with Crippen molar-refractivity contribution in [1.29, 1.82) is 0 Å². The number of carbonyl (C=O) groups excluding carboxylic acids is 1. The van der Waals surface area contributed by atoms with Crippen molar-refractivity contribution in [3.05, 3.63) is 35.9 Å². The Hall–Kier alpha value is -1.35. The summed E-state index contributed by atoms with van der Waals surface area (Å²) in [6, 6.07) is 9.71. The van der Waals surface area contributed by atoms with E-state index in [1.54, 1.807) is 13.8 Å². The highest BCUT2D eigenvalue weighted by molar-refractivity contribution is 5.83. The first kappa shape index (κ1) is 10.2. The Balaban J connectivity index is 2.09. The molecule has 1 aliphatic rings. The van der Waals surface area contributed by atoms with E-state index < -0.39 is 5.60 Å². The Labute approximate surface area is 89.0 Å². The van der Waals surface area contributed by atoms with Crippen molar-refractivity contribution in [3.8, 4) is 0 Å². The van der Waals surface area contributed by atoms with Gasteiger partial charge in [-0.3, -0.25) is 0 Å². The molecule has 1 aromatic rings. The molecule has 2 atom stereocenters. The van der Waals surface area contributed by atoms with Gasteiger partial charge < -0.3 is 9.47 Å². The third-order valence-corrected chi connectivity index (χ3v) is 2.59. The maximum Gasteiger partial charge on any atom is 0.341 e. The standard InChI is InChI=1S/C12H14O3/c1-3-14-11(13)12(2)10(15-12)9-7-5-4-6-8-9/h4-8,10H,3H2,1-2H3/t10-,12+/m0/s1. The fourth-order valence-electron chi connectivity index (χ4n) is 1.65. The number of benzene rings is 1. The highest BCUT2D eigenvalue weighted by Crippen LogP contribution is 2.49. The van der Waals surface area contributed by atoms with Crippen LogP contribution in [0, 0.1) is 0 Å². The van der Waals surface area contributed by atoms with Gasteiger partial charge in [0.15, 0.2) is 5.60 Å². The summed E-state index contributed by atoms with van der Waals surface area (Å²) in [5, 5.41) is 0. The van der Waals surface area contributed by atoms with E-state index in [-0.39, 0.29) is 12.1 Å². The lowest BCUT2D eigenvalue weighted by Gasteiger charge is -2.05. The Kier molecular flexibility index (Phi) is 2.49. The van der Waals surface area contributed by atoms with E-state index in [1.807, 2.05) is 30.3 Å². The summed E-state index contributed by atoms with van der Waals surface area (Å²) in [4.78, 5) is 11.6. The van der Waals surface area contributed by atoms with E-state index in [4.69, 9.17) is 9.47 Å². The smallest absolute Gasteiger partial charge is 0.341 e. The largest absolute Gasteiger partial charge is 0.464 e. The monoisotopic (exact) mass is 206 g/mol. The Morgan fingerprint density at radius 1 is 1.47 bits per heavy atom.